The van der Waals surface area contributed by atoms with Gasteiger partial charge >= 0.3 is 15.6 Å². The van der Waals surface area contributed by atoms with Gasteiger partial charge in [0.05, 0.1) is 11.1 Å². The van der Waals surface area contributed by atoms with E-state index >= 15 is 0 Å². The van der Waals surface area contributed by atoms with Crippen LogP contribution in [0.5, 0.6) is 0 Å². The Kier molecular flexibility index (Phi) is 3.90. The Morgan fingerprint density at radius 3 is 2.10 bits per heavy atom. The van der Waals surface area contributed by atoms with Crippen LogP contribution in [0, 0.1) is 5.41 Å². The molecule has 9 heteroatoms. The zero-order chi connectivity index (χ0) is 16.1. The van der Waals surface area contributed by atoms with Crippen LogP contribution >= 0.6 is 0 Å². The van der Waals surface area contributed by atoms with Crippen LogP contribution in [-0.2, 0) is 19.1 Å². The van der Waals surface area contributed by atoms with Crippen molar-refractivity contribution in [1.29, 1.82) is 0 Å². The van der Waals surface area contributed by atoms with E-state index in [1.165, 1.54) is 11.8 Å². The van der Waals surface area contributed by atoms with Crippen molar-refractivity contribution in [3.05, 3.63) is 11.5 Å². The maximum Gasteiger partial charge on any atom is 0.534 e. The van der Waals surface area contributed by atoms with Crippen molar-refractivity contribution in [2.24, 2.45) is 5.41 Å². The lowest BCUT2D eigenvalue weighted by Gasteiger charge is -2.51. The molecule has 1 saturated heterocycles. The van der Waals surface area contributed by atoms with Gasteiger partial charge in [0.1, 0.15) is 5.76 Å². The molecule has 0 aliphatic carbocycles. The summed E-state index contributed by atoms with van der Waals surface area (Å²) in [5.74, 6) is -0.770. The quantitative estimate of drug-likeness (QED) is 0.347. The van der Waals surface area contributed by atoms with Gasteiger partial charge in [-0.2, -0.15) is 21.6 Å². The molecule has 0 spiro atoms. The molecule has 0 N–H and O–H groups in total. The molecule has 1 heterocycles. The molecule has 1 fully saturated rings. The van der Waals surface area contributed by atoms with Crippen molar-refractivity contribution in [2.45, 2.75) is 46.2 Å². The number of hydrogen-bond acceptors (Lipinski definition) is 4. The van der Waals surface area contributed by atoms with Gasteiger partial charge in [-0.15, -0.1) is 0 Å². The molecule has 116 valence electrons. The molecule has 1 atom stereocenters. The van der Waals surface area contributed by atoms with E-state index in [1.807, 2.05) is 0 Å². The number of carbonyl (C=O) groups excluding carboxylic acids is 1. The van der Waals surface area contributed by atoms with E-state index in [-0.39, 0.29) is 17.6 Å². The minimum absolute atomic E-state index is 0.0506. The molecule has 1 aliphatic heterocycles. The van der Waals surface area contributed by atoms with E-state index in [0.717, 1.165) is 6.92 Å². The van der Waals surface area contributed by atoms with Gasteiger partial charge in [0.2, 0.25) is 5.91 Å². The summed E-state index contributed by atoms with van der Waals surface area (Å²) in [6.45, 7) is 7.53. The van der Waals surface area contributed by atoms with Crippen LogP contribution in [-0.4, -0.2) is 30.8 Å². The highest BCUT2D eigenvalue weighted by molar-refractivity contribution is 7.87. The van der Waals surface area contributed by atoms with Gasteiger partial charge in [-0.3, -0.25) is 4.79 Å². The number of hydrogen-bond donors (Lipinski definition) is 0. The Morgan fingerprint density at radius 1 is 1.30 bits per heavy atom. The number of alkyl halides is 3. The molecule has 1 amide bonds. The van der Waals surface area contributed by atoms with E-state index in [2.05, 4.69) is 4.18 Å². The molecule has 0 aromatic carbocycles. The highest BCUT2D eigenvalue weighted by Gasteiger charge is 2.53. The lowest BCUT2D eigenvalue weighted by atomic mass is 9.74. The molecule has 5 nitrogen and oxygen atoms in total. The fraction of sp³-hybridized carbons (Fsp3) is 0.727. The van der Waals surface area contributed by atoms with Gasteiger partial charge in [0.25, 0.3) is 0 Å². The van der Waals surface area contributed by atoms with Crippen LogP contribution in [0.2, 0.25) is 0 Å². The monoisotopic (exact) mass is 315 g/mol. The van der Waals surface area contributed by atoms with Gasteiger partial charge in [-0.1, -0.05) is 0 Å². The molecular formula is C11H16F3NO4S. The summed E-state index contributed by atoms with van der Waals surface area (Å²) in [5, 5.41) is 0. The fourth-order valence-corrected chi connectivity index (χ4v) is 2.35. The Hall–Kier alpha value is -1.25. The zero-order valence-electron chi connectivity index (χ0n) is 11.7. The van der Waals surface area contributed by atoms with E-state index < -0.39 is 26.8 Å². The second kappa shape index (κ2) is 4.64. The second-order valence-electron chi connectivity index (χ2n) is 5.20. The van der Waals surface area contributed by atoms with Crippen LogP contribution in [0.1, 0.15) is 34.6 Å². The average molecular weight is 315 g/mol. The number of allylic oxidation sites excluding steroid dienone is 2. The third-order valence-electron chi connectivity index (χ3n) is 3.59. The SMILES string of the molecule is C/C(OS(=O)(=O)C(F)(F)F)=C(/C)N1C(=O)C(C)(C)C1C. The maximum atomic E-state index is 12.2. The van der Waals surface area contributed by atoms with Gasteiger partial charge in [0.15, 0.2) is 0 Å². The summed E-state index contributed by atoms with van der Waals surface area (Å²) in [6.07, 6.45) is 0. The van der Waals surface area contributed by atoms with Crippen molar-refractivity contribution in [3.8, 4) is 0 Å². The predicted molar refractivity (Wildman–Crippen MR) is 64.5 cm³/mol. The van der Waals surface area contributed by atoms with Crippen LogP contribution in [0.15, 0.2) is 11.5 Å². The van der Waals surface area contributed by atoms with Crippen LogP contribution in [0.4, 0.5) is 13.2 Å². The molecule has 1 aliphatic rings. The van der Waals surface area contributed by atoms with Crippen LogP contribution in [0.25, 0.3) is 0 Å². The van der Waals surface area contributed by atoms with Crippen LogP contribution < -0.4 is 0 Å². The number of likely N-dealkylation sites (tertiary alicyclic amines) is 1. The summed E-state index contributed by atoms with van der Waals surface area (Å²) in [6, 6.07) is -0.262. The molecule has 1 rings (SSSR count). The highest BCUT2D eigenvalue weighted by atomic mass is 32.2. The first-order valence-electron chi connectivity index (χ1n) is 5.75. The maximum absolute atomic E-state index is 12.2. The number of carbonyl (C=O) groups is 1. The topological polar surface area (TPSA) is 63.7 Å². The standard InChI is InChI=1S/C11H16F3NO4S/c1-6(15-8(3)10(4,5)9(15)16)7(2)19-20(17,18)11(12,13)14/h8H,1-5H3/b7-6+. The zero-order valence-corrected chi connectivity index (χ0v) is 12.5. The highest BCUT2D eigenvalue weighted by Crippen LogP contribution is 2.41. The van der Waals surface area contributed by atoms with Gasteiger partial charge < -0.3 is 9.08 Å². The summed E-state index contributed by atoms with van der Waals surface area (Å²) in [4.78, 5) is 13.1. The summed E-state index contributed by atoms with van der Waals surface area (Å²) < 4.78 is 62.5. The van der Waals surface area contributed by atoms with E-state index in [0.29, 0.717) is 0 Å². The Balaban J connectivity index is 3.02. The molecule has 0 saturated carbocycles. The van der Waals surface area contributed by atoms with E-state index in [1.54, 1.807) is 20.8 Å². The molecule has 0 bridgehead atoms. The minimum Gasteiger partial charge on any atom is -0.379 e. The molecule has 0 aromatic rings. The Labute approximate surface area is 115 Å². The summed E-state index contributed by atoms with van der Waals surface area (Å²) in [7, 11) is -5.72. The van der Waals surface area contributed by atoms with Crippen molar-refractivity contribution in [2.75, 3.05) is 0 Å². The van der Waals surface area contributed by atoms with Gasteiger partial charge in [0, 0.05) is 6.04 Å². The van der Waals surface area contributed by atoms with Crippen molar-refractivity contribution in [1.82, 2.24) is 4.90 Å². The lowest BCUT2D eigenvalue weighted by Crippen LogP contribution is -2.64. The van der Waals surface area contributed by atoms with Crippen molar-refractivity contribution in [3.63, 3.8) is 0 Å². The second-order valence-corrected chi connectivity index (χ2v) is 6.74. The van der Waals surface area contributed by atoms with Crippen molar-refractivity contribution >= 4 is 16.0 Å². The normalized spacial score (nSPS) is 24.1. The number of amides is 1. The number of nitrogens with zero attached hydrogens (tertiary/aromatic N) is 1. The molecule has 0 radical (unpaired) electrons. The van der Waals surface area contributed by atoms with Gasteiger partial charge in [-0.05, 0) is 34.6 Å². The Bertz CT molecular complexity index is 563. The van der Waals surface area contributed by atoms with E-state index in [4.69, 9.17) is 0 Å². The molecule has 0 aromatic heterocycles. The van der Waals surface area contributed by atoms with E-state index in [9.17, 15) is 26.4 Å². The molecule has 1 unspecified atom stereocenters. The largest absolute Gasteiger partial charge is 0.534 e. The first-order valence-corrected chi connectivity index (χ1v) is 7.16. The Morgan fingerprint density at radius 2 is 1.75 bits per heavy atom. The summed E-state index contributed by atoms with van der Waals surface area (Å²) in [5.41, 5.74) is -6.09. The molecular weight excluding hydrogens is 299 g/mol. The third kappa shape index (κ3) is 2.50. The fourth-order valence-electron chi connectivity index (χ4n) is 1.81. The number of rotatable bonds is 3. The van der Waals surface area contributed by atoms with Gasteiger partial charge in [-0.25, -0.2) is 0 Å². The predicted octanol–water partition coefficient (Wildman–Crippen LogP) is 2.36. The first kappa shape index (κ1) is 16.8. The molecule has 20 heavy (non-hydrogen) atoms. The number of halogens is 3. The van der Waals surface area contributed by atoms with Crippen molar-refractivity contribution < 1.29 is 30.6 Å². The lowest BCUT2D eigenvalue weighted by molar-refractivity contribution is -0.161. The minimum atomic E-state index is -5.72. The summed E-state index contributed by atoms with van der Waals surface area (Å²) >= 11 is 0. The third-order valence-corrected chi connectivity index (χ3v) is 4.63. The number of β-lactam (4-membered cyclic amide) rings is 1. The first-order chi connectivity index (χ1) is 8.73. The smallest absolute Gasteiger partial charge is 0.379 e. The average Bonchev–Trinajstić information content (AvgIpc) is 2.26. The van der Waals surface area contributed by atoms with Crippen LogP contribution in [0.3, 0.4) is 0 Å².